The lowest BCUT2D eigenvalue weighted by atomic mass is 9.81. The molecule has 0 amide bonds. The number of aryl methyl sites for hydroxylation is 1. The Morgan fingerprint density at radius 3 is 2.00 bits per heavy atom. The predicted molar refractivity (Wildman–Crippen MR) is 113 cm³/mol. The highest BCUT2D eigenvalue weighted by Gasteiger charge is 2.27. The molecular formula is C25H30O4. The van der Waals surface area contributed by atoms with E-state index in [9.17, 15) is 9.59 Å². The van der Waals surface area contributed by atoms with Gasteiger partial charge in [0.15, 0.2) is 0 Å². The fourth-order valence-electron chi connectivity index (χ4n) is 3.84. The van der Waals surface area contributed by atoms with Gasteiger partial charge in [-0.25, -0.2) is 4.79 Å². The first-order chi connectivity index (χ1) is 14.1. The smallest absolute Gasteiger partial charge is 0.343 e. The van der Waals surface area contributed by atoms with Crippen molar-refractivity contribution in [3.05, 3.63) is 59.7 Å². The lowest BCUT2D eigenvalue weighted by Gasteiger charge is -2.26. The van der Waals surface area contributed by atoms with Crippen molar-refractivity contribution in [1.29, 1.82) is 0 Å². The molecule has 0 aliphatic heterocycles. The average Bonchev–Trinajstić information content (AvgIpc) is 2.76. The van der Waals surface area contributed by atoms with E-state index in [0.29, 0.717) is 17.1 Å². The van der Waals surface area contributed by atoms with Crippen LogP contribution in [0.15, 0.2) is 48.5 Å². The van der Waals surface area contributed by atoms with Crippen molar-refractivity contribution in [1.82, 2.24) is 0 Å². The van der Waals surface area contributed by atoms with Crippen LogP contribution >= 0.6 is 0 Å². The minimum atomic E-state index is -0.427. The second kappa shape index (κ2) is 10.2. The van der Waals surface area contributed by atoms with Crippen LogP contribution in [0, 0.1) is 11.8 Å². The fourth-order valence-corrected chi connectivity index (χ4v) is 3.84. The van der Waals surface area contributed by atoms with Crippen molar-refractivity contribution >= 4 is 11.9 Å². The van der Waals surface area contributed by atoms with Crippen LogP contribution in [0.5, 0.6) is 11.5 Å². The topological polar surface area (TPSA) is 52.6 Å². The Hall–Kier alpha value is -2.62. The summed E-state index contributed by atoms with van der Waals surface area (Å²) >= 11 is 0. The highest BCUT2D eigenvalue weighted by atomic mass is 16.5. The normalized spacial score (nSPS) is 18.8. The standard InChI is InChI=1S/C25H30O4/c1-3-5-19-8-14-22(15-9-19)28-25(27)21-12-16-23(17-13-21)29-24(26)20-10-6-18(4-2)7-11-20/h8-9,12-18,20H,3-7,10-11H2,1-2H3. The third-order valence-corrected chi connectivity index (χ3v) is 5.74. The largest absolute Gasteiger partial charge is 0.426 e. The van der Waals surface area contributed by atoms with Crippen LogP contribution in [0.4, 0.5) is 0 Å². The minimum absolute atomic E-state index is 0.0156. The molecule has 4 nitrogen and oxygen atoms in total. The van der Waals surface area contributed by atoms with E-state index in [0.717, 1.165) is 44.4 Å². The molecule has 2 aromatic rings. The molecule has 0 spiro atoms. The van der Waals surface area contributed by atoms with E-state index in [2.05, 4.69) is 13.8 Å². The highest BCUT2D eigenvalue weighted by Crippen LogP contribution is 2.31. The molecule has 1 saturated carbocycles. The number of esters is 2. The van der Waals surface area contributed by atoms with E-state index >= 15 is 0 Å². The first kappa shape index (κ1) is 21.1. The summed E-state index contributed by atoms with van der Waals surface area (Å²) < 4.78 is 10.9. The molecule has 0 N–H and O–H groups in total. The predicted octanol–water partition coefficient (Wildman–Crippen LogP) is 5.98. The zero-order valence-electron chi connectivity index (χ0n) is 17.4. The summed E-state index contributed by atoms with van der Waals surface area (Å²) in [5.41, 5.74) is 1.65. The van der Waals surface area contributed by atoms with Gasteiger partial charge in [0, 0.05) is 0 Å². The van der Waals surface area contributed by atoms with Crippen LogP contribution in [0.3, 0.4) is 0 Å². The lowest BCUT2D eigenvalue weighted by molar-refractivity contribution is -0.140. The van der Waals surface area contributed by atoms with E-state index in [1.807, 2.05) is 24.3 Å². The van der Waals surface area contributed by atoms with Crippen LogP contribution in [0.2, 0.25) is 0 Å². The first-order valence-electron chi connectivity index (χ1n) is 10.7. The number of hydrogen-bond acceptors (Lipinski definition) is 4. The molecule has 3 rings (SSSR count). The van der Waals surface area contributed by atoms with Gasteiger partial charge >= 0.3 is 11.9 Å². The van der Waals surface area contributed by atoms with Crippen LogP contribution < -0.4 is 9.47 Å². The van der Waals surface area contributed by atoms with Gasteiger partial charge in [-0.1, -0.05) is 38.8 Å². The summed E-state index contributed by atoms with van der Waals surface area (Å²) in [6.07, 6.45) is 7.27. The number of ether oxygens (including phenoxy) is 2. The molecule has 1 aliphatic rings. The van der Waals surface area contributed by atoms with E-state index < -0.39 is 5.97 Å². The van der Waals surface area contributed by atoms with E-state index in [1.54, 1.807) is 24.3 Å². The van der Waals surface area contributed by atoms with Crippen molar-refractivity contribution in [3.63, 3.8) is 0 Å². The Labute approximate surface area is 173 Å². The molecule has 29 heavy (non-hydrogen) atoms. The molecule has 0 saturated heterocycles. The molecule has 0 heterocycles. The monoisotopic (exact) mass is 394 g/mol. The van der Waals surface area contributed by atoms with Gasteiger partial charge in [-0.3, -0.25) is 4.79 Å². The molecule has 2 aromatic carbocycles. The maximum Gasteiger partial charge on any atom is 0.343 e. The molecule has 154 valence electrons. The second-order valence-corrected chi connectivity index (χ2v) is 7.85. The molecule has 0 unspecified atom stereocenters. The molecule has 1 fully saturated rings. The van der Waals surface area contributed by atoms with Gasteiger partial charge in [-0.2, -0.15) is 0 Å². The quantitative estimate of drug-likeness (QED) is 0.428. The van der Waals surface area contributed by atoms with Crippen molar-refractivity contribution in [2.75, 3.05) is 0 Å². The first-order valence-corrected chi connectivity index (χ1v) is 10.7. The van der Waals surface area contributed by atoms with Gasteiger partial charge < -0.3 is 9.47 Å². The van der Waals surface area contributed by atoms with E-state index in [1.165, 1.54) is 12.0 Å². The molecule has 0 radical (unpaired) electrons. The summed E-state index contributed by atoms with van der Waals surface area (Å²) in [5, 5.41) is 0. The van der Waals surface area contributed by atoms with Gasteiger partial charge in [0.05, 0.1) is 11.5 Å². The van der Waals surface area contributed by atoms with E-state index in [4.69, 9.17) is 9.47 Å². The summed E-state index contributed by atoms with van der Waals surface area (Å²) in [6.45, 7) is 4.34. The van der Waals surface area contributed by atoms with Gasteiger partial charge in [0.2, 0.25) is 0 Å². The summed E-state index contributed by atoms with van der Waals surface area (Å²) in [7, 11) is 0. The molecule has 0 atom stereocenters. The minimum Gasteiger partial charge on any atom is -0.426 e. The maximum atomic E-state index is 12.4. The number of carbonyl (C=O) groups is 2. The highest BCUT2D eigenvalue weighted by molar-refractivity contribution is 5.91. The number of hydrogen-bond donors (Lipinski definition) is 0. The van der Waals surface area contributed by atoms with Crippen molar-refractivity contribution in [2.45, 2.75) is 58.8 Å². The number of benzene rings is 2. The second-order valence-electron chi connectivity index (χ2n) is 7.85. The Bertz CT molecular complexity index is 800. The summed E-state index contributed by atoms with van der Waals surface area (Å²) in [6, 6.07) is 14.1. The zero-order valence-corrected chi connectivity index (χ0v) is 17.4. The Morgan fingerprint density at radius 2 is 1.41 bits per heavy atom. The molecule has 4 heteroatoms. The van der Waals surface area contributed by atoms with Gasteiger partial charge in [-0.05, 0) is 80.0 Å². The van der Waals surface area contributed by atoms with Crippen LogP contribution in [-0.4, -0.2) is 11.9 Å². The molecule has 0 bridgehead atoms. The molecular weight excluding hydrogens is 364 g/mol. The van der Waals surface area contributed by atoms with Gasteiger partial charge in [0.1, 0.15) is 11.5 Å². The van der Waals surface area contributed by atoms with Gasteiger partial charge in [0.25, 0.3) is 0 Å². The Morgan fingerprint density at radius 1 is 0.828 bits per heavy atom. The van der Waals surface area contributed by atoms with Crippen LogP contribution in [0.25, 0.3) is 0 Å². The van der Waals surface area contributed by atoms with Crippen molar-refractivity contribution < 1.29 is 19.1 Å². The Balaban J connectivity index is 1.52. The molecule has 1 aliphatic carbocycles. The third kappa shape index (κ3) is 5.93. The Kier molecular flexibility index (Phi) is 7.45. The number of rotatable bonds is 7. The zero-order chi connectivity index (χ0) is 20.6. The summed E-state index contributed by atoms with van der Waals surface area (Å²) in [5.74, 6) is 1.12. The van der Waals surface area contributed by atoms with Crippen molar-refractivity contribution in [2.24, 2.45) is 11.8 Å². The maximum absolute atomic E-state index is 12.4. The molecule has 0 aromatic heterocycles. The third-order valence-electron chi connectivity index (χ3n) is 5.74. The van der Waals surface area contributed by atoms with Crippen LogP contribution in [-0.2, 0) is 11.2 Å². The summed E-state index contributed by atoms with van der Waals surface area (Å²) in [4.78, 5) is 24.7. The lowest BCUT2D eigenvalue weighted by Crippen LogP contribution is -2.25. The SMILES string of the molecule is CCCc1ccc(OC(=O)c2ccc(OC(=O)C3CCC(CC)CC3)cc2)cc1. The van der Waals surface area contributed by atoms with E-state index in [-0.39, 0.29) is 11.9 Å². The average molecular weight is 395 g/mol. The number of carbonyl (C=O) groups excluding carboxylic acids is 2. The fraction of sp³-hybridized carbons (Fsp3) is 0.440. The van der Waals surface area contributed by atoms with Crippen LogP contribution in [0.1, 0.15) is 68.3 Å². The van der Waals surface area contributed by atoms with Gasteiger partial charge in [-0.15, -0.1) is 0 Å². The van der Waals surface area contributed by atoms with Crippen molar-refractivity contribution in [3.8, 4) is 11.5 Å².